The van der Waals surface area contributed by atoms with Crippen LogP contribution in [0.1, 0.15) is 355 Å². The van der Waals surface area contributed by atoms with E-state index in [4.69, 9.17) is 14.2 Å². The van der Waals surface area contributed by atoms with Crippen molar-refractivity contribution in [3.05, 3.63) is 85.1 Å². The van der Waals surface area contributed by atoms with Crippen LogP contribution in [-0.2, 0) is 28.6 Å². The Balaban J connectivity index is 4.41. The Kier molecular flexibility index (Phi) is 66.2. The third kappa shape index (κ3) is 67.3. The maximum Gasteiger partial charge on any atom is 0.306 e. The molecule has 0 aliphatic heterocycles. The van der Waals surface area contributed by atoms with Gasteiger partial charge in [-0.2, -0.15) is 0 Å². The number of unbranched alkanes of at least 4 members (excludes halogenated alkanes) is 39. The molecule has 0 saturated carbocycles. The molecular formula is C75H132O6. The lowest BCUT2D eigenvalue weighted by Crippen LogP contribution is -2.30. The fraction of sp³-hybridized carbons (Fsp3) is 0.773. The van der Waals surface area contributed by atoms with Gasteiger partial charge in [-0.15, -0.1) is 0 Å². The summed E-state index contributed by atoms with van der Waals surface area (Å²) in [5.74, 6) is -0.894. The molecule has 0 amide bonds. The van der Waals surface area contributed by atoms with E-state index in [1.54, 1.807) is 0 Å². The number of carbonyl (C=O) groups excluding carboxylic acids is 3. The molecule has 0 rings (SSSR count). The molecule has 0 fully saturated rings. The van der Waals surface area contributed by atoms with Crippen LogP contribution >= 0.6 is 0 Å². The summed E-state index contributed by atoms with van der Waals surface area (Å²) in [5, 5.41) is 0. The minimum Gasteiger partial charge on any atom is -0.462 e. The van der Waals surface area contributed by atoms with Gasteiger partial charge in [0.25, 0.3) is 0 Å². The van der Waals surface area contributed by atoms with Crippen molar-refractivity contribution in [1.29, 1.82) is 0 Å². The molecule has 0 aromatic carbocycles. The molecule has 0 spiro atoms. The van der Waals surface area contributed by atoms with Crippen LogP contribution in [0.15, 0.2) is 85.1 Å². The predicted octanol–water partition coefficient (Wildman–Crippen LogP) is 24.2. The first-order chi connectivity index (χ1) is 40.0. The Hall–Kier alpha value is -3.41. The van der Waals surface area contributed by atoms with Gasteiger partial charge in [0.05, 0.1) is 0 Å². The Morgan fingerprint density at radius 2 is 0.481 bits per heavy atom. The SMILES string of the molecule is CC/C=C\C/C=C\C/C=C\C/C=C\C/C=C\C/C=C\C/C=C\CCCCCC(=O)OCC(COC(=O)CCCCCCCCCCCCCCCCCCCCC)OC(=O)CCCCCCCCCCCCCCCCCCCCC. The lowest BCUT2D eigenvalue weighted by atomic mass is 10.0. The molecule has 0 radical (unpaired) electrons. The number of hydrogen-bond acceptors (Lipinski definition) is 6. The second-order valence-corrected chi connectivity index (χ2v) is 23.4. The highest BCUT2D eigenvalue weighted by Crippen LogP contribution is 2.18. The van der Waals surface area contributed by atoms with Crippen molar-refractivity contribution >= 4 is 17.9 Å². The highest BCUT2D eigenvalue weighted by Gasteiger charge is 2.19. The zero-order valence-corrected chi connectivity index (χ0v) is 53.8. The number of rotatable bonds is 64. The first kappa shape index (κ1) is 77.6. The van der Waals surface area contributed by atoms with Gasteiger partial charge in [-0.1, -0.05) is 343 Å². The summed E-state index contributed by atoms with van der Waals surface area (Å²) in [6, 6.07) is 0. The van der Waals surface area contributed by atoms with Crippen LogP contribution in [0.25, 0.3) is 0 Å². The van der Waals surface area contributed by atoms with Crippen LogP contribution in [0, 0.1) is 0 Å². The molecule has 6 heteroatoms. The lowest BCUT2D eigenvalue weighted by molar-refractivity contribution is -0.167. The van der Waals surface area contributed by atoms with E-state index in [-0.39, 0.29) is 31.1 Å². The van der Waals surface area contributed by atoms with Crippen molar-refractivity contribution in [3.63, 3.8) is 0 Å². The van der Waals surface area contributed by atoms with Crippen molar-refractivity contribution in [2.75, 3.05) is 13.2 Å². The molecule has 0 aromatic heterocycles. The van der Waals surface area contributed by atoms with Gasteiger partial charge in [0.2, 0.25) is 0 Å². The van der Waals surface area contributed by atoms with Gasteiger partial charge in [0, 0.05) is 19.3 Å². The Morgan fingerprint density at radius 3 is 0.753 bits per heavy atom. The average molecular weight is 1130 g/mol. The van der Waals surface area contributed by atoms with Gasteiger partial charge >= 0.3 is 17.9 Å². The monoisotopic (exact) mass is 1130 g/mol. The normalized spacial score (nSPS) is 12.6. The summed E-state index contributed by atoms with van der Waals surface area (Å²) in [6.45, 7) is 6.56. The first-order valence-electron chi connectivity index (χ1n) is 35.1. The van der Waals surface area contributed by atoms with Crippen LogP contribution in [-0.4, -0.2) is 37.2 Å². The number of carbonyl (C=O) groups is 3. The number of esters is 3. The molecule has 6 nitrogen and oxygen atoms in total. The van der Waals surface area contributed by atoms with Gasteiger partial charge in [-0.05, 0) is 77.0 Å². The quantitative estimate of drug-likeness (QED) is 0.0261. The van der Waals surface area contributed by atoms with Gasteiger partial charge < -0.3 is 14.2 Å². The topological polar surface area (TPSA) is 78.9 Å². The summed E-state index contributed by atoms with van der Waals surface area (Å²) in [5.41, 5.74) is 0. The van der Waals surface area contributed by atoms with E-state index in [1.165, 1.54) is 205 Å². The second kappa shape index (κ2) is 69.1. The van der Waals surface area contributed by atoms with Crippen molar-refractivity contribution in [3.8, 4) is 0 Å². The van der Waals surface area contributed by atoms with Crippen molar-refractivity contribution in [2.45, 2.75) is 361 Å². The molecule has 468 valence electrons. The summed E-state index contributed by atoms with van der Waals surface area (Å²) in [4.78, 5) is 38.5. The average Bonchev–Trinajstić information content (AvgIpc) is 3.47. The Morgan fingerprint density at radius 1 is 0.259 bits per heavy atom. The molecule has 1 unspecified atom stereocenters. The Labute approximate surface area is 503 Å². The van der Waals surface area contributed by atoms with E-state index >= 15 is 0 Å². The molecular weight excluding hydrogens is 997 g/mol. The second-order valence-electron chi connectivity index (χ2n) is 23.4. The van der Waals surface area contributed by atoms with E-state index in [2.05, 4.69) is 106 Å². The molecule has 0 N–H and O–H groups in total. The van der Waals surface area contributed by atoms with Gasteiger partial charge in [-0.3, -0.25) is 14.4 Å². The molecule has 81 heavy (non-hydrogen) atoms. The minimum absolute atomic E-state index is 0.0823. The molecule has 0 heterocycles. The van der Waals surface area contributed by atoms with E-state index in [0.29, 0.717) is 19.3 Å². The van der Waals surface area contributed by atoms with E-state index < -0.39 is 6.10 Å². The number of ether oxygens (including phenoxy) is 3. The standard InChI is InChI=1S/C75H132O6/c1-4-7-10-13-16-19-22-25-28-31-34-35-36-37-38-39-42-44-47-50-53-56-59-62-65-68-74(77)80-71-72(81-75(78)69-66-63-60-57-54-51-48-45-41-33-30-27-24-21-18-15-12-9-6-3)70-79-73(76)67-64-61-58-55-52-49-46-43-40-32-29-26-23-20-17-14-11-8-5-2/h7,10,16,19,25,28,34-35,37-38,42,44,50,53,72H,4-6,8-9,11-15,17-18,20-24,26-27,29-33,36,39-41,43,45-49,51-52,54-71H2,1-3H3/b10-7-,19-16-,28-25-,35-34-,38-37-,44-42-,53-50-. The maximum absolute atomic E-state index is 13.0. The van der Waals surface area contributed by atoms with Gasteiger partial charge in [0.1, 0.15) is 13.2 Å². The van der Waals surface area contributed by atoms with Crippen LogP contribution in [0.4, 0.5) is 0 Å². The van der Waals surface area contributed by atoms with Crippen molar-refractivity contribution in [1.82, 2.24) is 0 Å². The lowest BCUT2D eigenvalue weighted by Gasteiger charge is -2.18. The van der Waals surface area contributed by atoms with E-state index in [1.807, 2.05) is 0 Å². The zero-order valence-electron chi connectivity index (χ0n) is 53.8. The molecule has 0 aromatic rings. The largest absolute Gasteiger partial charge is 0.462 e. The maximum atomic E-state index is 13.0. The molecule has 0 bridgehead atoms. The van der Waals surface area contributed by atoms with Gasteiger partial charge in [-0.25, -0.2) is 0 Å². The number of hydrogen-bond donors (Lipinski definition) is 0. The fourth-order valence-corrected chi connectivity index (χ4v) is 10.2. The van der Waals surface area contributed by atoms with Crippen LogP contribution in [0.2, 0.25) is 0 Å². The summed E-state index contributed by atoms with van der Waals surface area (Å²) in [7, 11) is 0. The molecule has 1 atom stereocenters. The highest BCUT2D eigenvalue weighted by atomic mass is 16.6. The van der Waals surface area contributed by atoms with E-state index in [0.717, 1.165) is 109 Å². The smallest absolute Gasteiger partial charge is 0.306 e. The first-order valence-corrected chi connectivity index (χ1v) is 35.1. The van der Waals surface area contributed by atoms with Crippen LogP contribution in [0.3, 0.4) is 0 Å². The van der Waals surface area contributed by atoms with Crippen molar-refractivity contribution in [2.24, 2.45) is 0 Å². The summed E-state index contributed by atoms with van der Waals surface area (Å²) in [6.07, 6.45) is 91.7. The minimum atomic E-state index is -0.790. The highest BCUT2D eigenvalue weighted by molar-refractivity contribution is 5.71. The molecule has 0 saturated heterocycles. The third-order valence-electron chi connectivity index (χ3n) is 15.4. The third-order valence-corrected chi connectivity index (χ3v) is 15.4. The summed E-state index contributed by atoms with van der Waals surface area (Å²) < 4.78 is 17.0. The predicted molar refractivity (Wildman–Crippen MR) is 353 cm³/mol. The van der Waals surface area contributed by atoms with Gasteiger partial charge in [0.15, 0.2) is 6.10 Å². The van der Waals surface area contributed by atoms with E-state index in [9.17, 15) is 14.4 Å². The molecule has 0 aliphatic rings. The zero-order chi connectivity index (χ0) is 58.5. The van der Waals surface area contributed by atoms with Crippen LogP contribution < -0.4 is 0 Å². The fourth-order valence-electron chi connectivity index (χ4n) is 10.2. The Bertz CT molecular complexity index is 1530. The summed E-state index contributed by atoms with van der Waals surface area (Å²) >= 11 is 0. The van der Waals surface area contributed by atoms with Crippen LogP contribution in [0.5, 0.6) is 0 Å². The number of allylic oxidation sites excluding steroid dienone is 14. The molecule has 0 aliphatic carbocycles. The van der Waals surface area contributed by atoms with Crippen molar-refractivity contribution < 1.29 is 28.6 Å².